The van der Waals surface area contributed by atoms with E-state index in [1.807, 2.05) is 24.3 Å². The molecule has 0 radical (unpaired) electrons. The van der Waals surface area contributed by atoms with Gasteiger partial charge in [0.1, 0.15) is 5.03 Å². The third kappa shape index (κ3) is 5.24. The molecule has 2 aromatic rings. The molecule has 21 heavy (non-hydrogen) atoms. The van der Waals surface area contributed by atoms with Gasteiger partial charge < -0.3 is 11.1 Å². The summed E-state index contributed by atoms with van der Waals surface area (Å²) in [5.41, 5.74) is 6.75. The van der Waals surface area contributed by atoms with E-state index >= 15 is 0 Å². The molecule has 0 saturated heterocycles. The summed E-state index contributed by atoms with van der Waals surface area (Å²) in [4.78, 5) is 19.7. The van der Waals surface area contributed by atoms with Crippen LogP contribution in [0.2, 0.25) is 5.02 Å². The molecule has 7 heteroatoms. The maximum absolute atomic E-state index is 11.7. The minimum absolute atomic E-state index is 0.0629. The lowest BCUT2D eigenvalue weighted by molar-refractivity contribution is -0.118. The molecule has 0 aliphatic rings. The molecule has 0 aliphatic heterocycles. The summed E-state index contributed by atoms with van der Waals surface area (Å²) in [5, 5.41) is 4.12. The Morgan fingerprint density at radius 1 is 1.33 bits per heavy atom. The first-order chi connectivity index (χ1) is 10.1. The second-order valence-electron chi connectivity index (χ2n) is 4.27. The highest BCUT2D eigenvalue weighted by Gasteiger charge is 2.06. The first kappa shape index (κ1) is 15.6. The molecule has 0 atom stereocenters. The largest absolute Gasteiger partial charge is 0.381 e. The van der Waals surface area contributed by atoms with Gasteiger partial charge in [-0.3, -0.25) is 4.79 Å². The van der Waals surface area contributed by atoms with Crippen molar-refractivity contribution in [2.75, 3.05) is 18.0 Å². The van der Waals surface area contributed by atoms with Crippen molar-refractivity contribution in [1.82, 2.24) is 15.3 Å². The lowest BCUT2D eigenvalue weighted by Crippen LogP contribution is -2.27. The summed E-state index contributed by atoms with van der Waals surface area (Å²) < 4.78 is 0. The molecule has 0 aliphatic carbocycles. The Hall–Kier alpha value is -1.79. The molecular formula is C14H15ClN4OS. The van der Waals surface area contributed by atoms with Crippen LogP contribution in [-0.2, 0) is 11.2 Å². The van der Waals surface area contributed by atoms with Gasteiger partial charge in [0.25, 0.3) is 0 Å². The van der Waals surface area contributed by atoms with Crippen molar-refractivity contribution in [2.24, 2.45) is 0 Å². The number of nitrogen functional groups attached to an aromatic ring is 1. The van der Waals surface area contributed by atoms with Crippen LogP contribution in [0.4, 0.5) is 5.82 Å². The molecule has 1 aromatic carbocycles. The third-order valence-corrected chi connectivity index (χ3v) is 3.89. The van der Waals surface area contributed by atoms with Crippen LogP contribution < -0.4 is 11.1 Å². The van der Waals surface area contributed by atoms with Gasteiger partial charge in [-0.2, -0.15) is 0 Å². The zero-order valence-electron chi connectivity index (χ0n) is 11.3. The molecule has 0 unspecified atom stereocenters. The minimum atomic E-state index is -0.0629. The average Bonchev–Trinajstić information content (AvgIpc) is 2.46. The van der Waals surface area contributed by atoms with E-state index in [1.165, 1.54) is 18.0 Å². The van der Waals surface area contributed by atoms with Crippen LogP contribution in [0.3, 0.4) is 0 Å². The molecule has 2 rings (SSSR count). The summed E-state index contributed by atoms with van der Waals surface area (Å²) in [6, 6.07) is 7.59. The van der Waals surface area contributed by atoms with Crippen molar-refractivity contribution in [3.63, 3.8) is 0 Å². The second kappa shape index (κ2) is 7.85. The molecule has 5 nitrogen and oxygen atoms in total. The van der Waals surface area contributed by atoms with Gasteiger partial charge in [0.05, 0.1) is 5.75 Å². The van der Waals surface area contributed by atoms with E-state index in [0.29, 0.717) is 22.4 Å². The van der Waals surface area contributed by atoms with E-state index in [2.05, 4.69) is 15.3 Å². The predicted molar refractivity (Wildman–Crippen MR) is 85.3 cm³/mol. The molecule has 0 saturated carbocycles. The number of amides is 1. The quantitative estimate of drug-likeness (QED) is 0.797. The Labute approximate surface area is 132 Å². The summed E-state index contributed by atoms with van der Waals surface area (Å²) in [6.45, 7) is 0.565. The maximum Gasteiger partial charge on any atom is 0.230 e. The van der Waals surface area contributed by atoms with Crippen LogP contribution in [0.15, 0.2) is 41.7 Å². The Morgan fingerprint density at radius 2 is 2.14 bits per heavy atom. The number of benzene rings is 1. The second-order valence-corrected chi connectivity index (χ2v) is 5.67. The number of hydrogen-bond acceptors (Lipinski definition) is 5. The van der Waals surface area contributed by atoms with Crippen LogP contribution >= 0.6 is 23.4 Å². The number of hydrogen-bond donors (Lipinski definition) is 2. The topological polar surface area (TPSA) is 80.9 Å². The molecule has 0 fully saturated rings. The van der Waals surface area contributed by atoms with Gasteiger partial charge in [-0.05, 0) is 24.1 Å². The molecule has 3 N–H and O–H groups in total. The fraction of sp³-hybridized carbons (Fsp3) is 0.214. The number of nitrogens with zero attached hydrogens (tertiary/aromatic N) is 2. The molecule has 110 valence electrons. The monoisotopic (exact) mass is 322 g/mol. The van der Waals surface area contributed by atoms with Crippen molar-refractivity contribution in [2.45, 2.75) is 11.4 Å². The first-order valence-electron chi connectivity index (χ1n) is 6.35. The van der Waals surface area contributed by atoms with Crippen LogP contribution in [0, 0.1) is 0 Å². The van der Waals surface area contributed by atoms with E-state index in [-0.39, 0.29) is 11.7 Å². The number of carbonyl (C=O) groups excluding carboxylic acids is 1. The maximum atomic E-state index is 11.7. The summed E-state index contributed by atoms with van der Waals surface area (Å²) >= 11 is 7.18. The van der Waals surface area contributed by atoms with Crippen molar-refractivity contribution >= 4 is 35.1 Å². The highest BCUT2D eigenvalue weighted by atomic mass is 35.5. The third-order valence-electron chi connectivity index (χ3n) is 2.66. The molecular weight excluding hydrogens is 308 g/mol. The first-order valence-corrected chi connectivity index (χ1v) is 7.72. The van der Waals surface area contributed by atoms with Crippen LogP contribution in [0.25, 0.3) is 0 Å². The standard InChI is InChI=1S/C14H15ClN4OS/c15-11-3-1-2-10(8-11)4-5-17-12(20)9-21-14-13(16)18-6-7-19-14/h1-3,6-8H,4-5,9H2,(H2,16,18)(H,17,20). The fourth-order valence-electron chi connectivity index (χ4n) is 1.67. The van der Waals surface area contributed by atoms with E-state index < -0.39 is 0 Å². The van der Waals surface area contributed by atoms with Crippen molar-refractivity contribution in [1.29, 1.82) is 0 Å². The number of halogens is 1. The lowest BCUT2D eigenvalue weighted by Gasteiger charge is -2.06. The van der Waals surface area contributed by atoms with Crippen molar-refractivity contribution < 1.29 is 4.79 Å². The molecule has 0 bridgehead atoms. The number of nitrogens with one attached hydrogen (secondary N) is 1. The van der Waals surface area contributed by atoms with Crippen LogP contribution in [0.5, 0.6) is 0 Å². The van der Waals surface area contributed by atoms with Gasteiger partial charge in [0, 0.05) is 24.0 Å². The summed E-state index contributed by atoms with van der Waals surface area (Å²) in [6.07, 6.45) is 3.81. The molecule has 1 aromatic heterocycles. The zero-order chi connectivity index (χ0) is 15.1. The van der Waals surface area contributed by atoms with E-state index in [4.69, 9.17) is 17.3 Å². The highest BCUT2D eigenvalue weighted by Crippen LogP contribution is 2.19. The van der Waals surface area contributed by atoms with Crippen molar-refractivity contribution in [3.8, 4) is 0 Å². The van der Waals surface area contributed by atoms with E-state index in [1.54, 1.807) is 6.20 Å². The minimum Gasteiger partial charge on any atom is -0.381 e. The zero-order valence-corrected chi connectivity index (χ0v) is 12.8. The SMILES string of the molecule is Nc1nccnc1SCC(=O)NCCc1cccc(Cl)c1. The van der Waals surface area contributed by atoms with Gasteiger partial charge in [-0.15, -0.1) is 0 Å². The van der Waals surface area contributed by atoms with Gasteiger partial charge in [-0.25, -0.2) is 9.97 Å². The Morgan fingerprint density at radius 3 is 2.90 bits per heavy atom. The van der Waals surface area contributed by atoms with Gasteiger partial charge in [-0.1, -0.05) is 35.5 Å². The smallest absolute Gasteiger partial charge is 0.230 e. The van der Waals surface area contributed by atoms with Crippen molar-refractivity contribution in [3.05, 3.63) is 47.2 Å². The Balaban J connectivity index is 1.72. The number of carbonyl (C=O) groups is 1. The normalized spacial score (nSPS) is 10.3. The van der Waals surface area contributed by atoms with E-state index in [0.717, 1.165) is 12.0 Å². The Kier molecular flexibility index (Phi) is 5.83. The fourth-order valence-corrected chi connectivity index (χ4v) is 2.59. The predicted octanol–water partition coefficient (Wildman–Crippen LogP) is 2.16. The number of anilines is 1. The molecule has 1 heterocycles. The van der Waals surface area contributed by atoms with Gasteiger partial charge in [0.15, 0.2) is 5.82 Å². The summed E-state index contributed by atoms with van der Waals surface area (Å²) in [5.74, 6) is 0.541. The number of aromatic nitrogens is 2. The van der Waals surface area contributed by atoms with Crippen LogP contribution in [-0.4, -0.2) is 28.2 Å². The number of nitrogens with two attached hydrogens (primary N) is 1. The average molecular weight is 323 g/mol. The van der Waals surface area contributed by atoms with E-state index in [9.17, 15) is 4.79 Å². The number of thioether (sulfide) groups is 1. The van der Waals surface area contributed by atoms with Gasteiger partial charge >= 0.3 is 0 Å². The lowest BCUT2D eigenvalue weighted by atomic mass is 10.1. The highest BCUT2D eigenvalue weighted by molar-refractivity contribution is 8.00. The van der Waals surface area contributed by atoms with Gasteiger partial charge in [0.2, 0.25) is 5.91 Å². The number of rotatable bonds is 6. The summed E-state index contributed by atoms with van der Waals surface area (Å²) in [7, 11) is 0. The van der Waals surface area contributed by atoms with Crippen LogP contribution in [0.1, 0.15) is 5.56 Å². The Bertz CT molecular complexity index is 623. The molecule has 0 spiro atoms. The molecule has 1 amide bonds.